The zero-order valence-corrected chi connectivity index (χ0v) is 13.1. The lowest BCUT2D eigenvalue weighted by Crippen LogP contribution is -2.29. The summed E-state index contributed by atoms with van der Waals surface area (Å²) in [5, 5.41) is 9.77. The fourth-order valence-electron chi connectivity index (χ4n) is 1.68. The summed E-state index contributed by atoms with van der Waals surface area (Å²) >= 11 is 11.6. The Balaban J connectivity index is 2.76. The molecule has 7 heteroatoms. The maximum atomic E-state index is 12.0. The molecule has 19 heavy (non-hydrogen) atoms. The minimum atomic E-state index is -3.64. The van der Waals surface area contributed by atoms with E-state index in [1.54, 1.807) is 6.92 Å². The maximum absolute atomic E-state index is 12.0. The molecule has 1 aromatic rings. The summed E-state index contributed by atoms with van der Waals surface area (Å²) in [5.74, 6) is 0.0319. The van der Waals surface area contributed by atoms with E-state index in [-0.39, 0.29) is 27.4 Å². The van der Waals surface area contributed by atoms with Crippen molar-refractivity contribution in [3.05, 3.63) is 28.2 Å². The molecule has 0 aliphatic rings. The Morgan fingerprint density at radius 2 is 1.74 bits per heavy atom. The van der Waals surface area contributed by atoms with E-state index in [4.69, 9.17) is 23.2 Å². The highest BCUT2D eigenvalue weighted by atomic mass is 35.5. The van der Waals surface area contributed by atoms with Gasteiger partial charge in [-0.2, -0.15) is 0 Å². The summed E-state index contributed by atoms with van der Waals surface area (Å²) in [6.45, 7) is 3.78. The van der Waals surface area contributed by atoms with E-state index in [1.165, 1.54) is 18.2 Å². The third kappa shape index (κ3) is 5.67. The molecule has 2 unspecified atom stereocenters. The summed E-state index contributed by atoms with van der Waals surface area (Å²) in [5.41, 5.74) is 0. The van der Waals surface area contributed by atoms with Crippen LogP contribution < -0.4 is 4.72 Å². The zero-order valence-electron chi connectivity index (χ0n) is 10.7. The molecular weight excluding hydrogens is 309 g/mol. The molecule has 0 aliphatic carbocycles. The minimum absolute atomic E-state index is 0.0319. The number of nitrogens with one attached hydrogen (secondary N) is 1. The van der Waals surface area contributed by atoms with Crippen LogP contribution in [0.4, 0.5) is 0 Å². The smallest absolute Gasteiger partial charge is 0.240 e. The first-order valence-corrected chi connectivity index (χ1v) is 8.08. The Morgan fingerprint density at radius 3 is 2.21 bits per heavy atom. The van der Waals surface area contributed by atoms with Crippen molar-refractivity contribution in [1.29, 1.82) is 0 Å². The van der Waals surface area contributed by atoms with E-state index < -0.39 is 16.1 Å². The maximum Gasteiger partial charge on any atom is 0.240 e. The molecule has 1 rings (SSSR count). The fourth-order valence-corrected chi connectivity index (χ4v) is 3.57. The normalized spacial score (nSPS) is 15.2. The Bertz CT molecular complexity index is 512. The molecule has 0 spiro atoms. The third-order valence-corrected chi connectivity index (χ3v) is 4.35. The fraction of sp³-hybridized carbons (Fsp3) is 0.500. The first-order valence-electron chi connectivity index (χ1n) is 5.84. The first-order chi connectivity index (χ1) is 8.70. The van der Waals surface area contributed by atoms with Gasteiger partial charge in [0.2, 0.25) is 10.0 Å². The van der Waals surface area contributed by atoms with Crippen molar-refractivity contribution in [3.63, 3.8) is 0 Å². The molecule has 0 amide bonds. The number of rotatable bonds is 6. The molecular formula is C12H17Cl2NO3S. The van der Waals surface area contributed by atoms with E-state index in [1.807, 2.05) is 6.92 Å². The van der Waals surface area contributed by atoms with Crippen molar-refractivity contribution in [1.82, 2.24) is 4.72 Å². The average Bonchev–Trinajstić information content (AvgIpc) is 2.24. The summed E-state index contributed by atoms with van der Waals surface area (Å²) in [7, 11) is -3.64. The van der Waals surface area contributed by atoms with Crippen LogP contribution in [0.1, 0.15) is 20.3 Å². The van der Waals surface area contributed by atoms with Crippen LogP contribution in [0.25, 0.3) is 0 Å². The summed E-state index contributed by atoms with van der Waals surface area (Å²) in [6.07, 6.45) is 0.0684. The van der Waals surface area contributed by atoms with Crippen molar-refractivity contribution in [2.24, 2.45) is 5.92 Å². The molecule has 0 aliphatic heterocycles. The number of halogens is 2. The summed E-state index contributed by atoms with van der Waals surface area (Å²) in [4.78, 5) is 0.0363. The number of benzene rings is 1. The monoisotopic (exact) mass is 325 g/mol. The van der Waals surface area contributed by atoms with Gasteiger partial charge in [0.1, 0.15) is 0 Å². The van der Waals surface area contributed by atoms with E-state index in [0.29, 0.717) is 6.42 Å². The van der Waals surface area contributed by atoms with Gasteiger partial charge in [-0.15, -0.1) is 0 Å². The van der Waals surface area contributed by atoms with Gasteiger partial charge in [0.05, 0.1) is 11.0 Å². The molecule has 0 aromatic heterocycles. The van der Waals surface area contributed by atoms with E-state index in [9.17, 15) is 13.5 Å². The predicted octanol–water partition coefficient (Wildman–Crippen LogP) is 2.68. The van der Waals surface area contributed by atoms with Crippen LogP contribution in [0.5, 0.6) is 0 Å². The standard InChI is InChI=1S/C12H17Cl2NO3S/c1-8(3-9(2)16)7-15-19(17,18)12-5-10(13)4-11(14)6-12/h4-6,8-9,15-16H,3,7H2,1-2H3. The predicted molar refractivity (Wildman–Crippen MR) is 77.1 cm³/mol. The van der Waals surface area contributed by atoms with Crippen LogP contribution in [0.3, 0.4) is 0 Å². The van der Waals surface area contributed by atoms with Gasteiger partial charge < -0.3 is 5.11 Å². The van der Waals surface area contributed by atoms with Crippen molar-refractivity contribution in [2.45, 2.75) is 31.3 Å². The van der Waals surface area contributed by atoms with Gasteiger partial charge in [-0.3, -0.25) is 0 Å². The molecule has 0 saturated heterocycles. The summed E-state index contributed by atoms with van der Waals surface area (Å²) in [6, 6.07) is 4.16. The van der Waals surface area contributed by atoms with Crippen molar-refractivity contribution < 1.29 is 13.5 Å². The van der Waals surface area contributed by atoms with E-state index >= 15 is 0 Å². The summed E-state index contributed by atoms with van der Waals surface area (Å²) < 4.78 is 26.6. The van der Waals surface area contributed by atoms with E-state index in [0.717, 1.165) is 0 Å². The van der Waals surface area contributed by atoms with Gasteiger partial charge in [-0.25, -0.2) is 13.1 Å². The lowest BCUT2D eigenvalue weighted by Gasteiger charge is -2.14. The Hall–Kier alpha value is -0.330. The molecule has 2 atom stereocenters. The highest BCUT2D eigenvalue weighted by Crippen LogP contribution is 2.22. The molecule has 0 radical (unpaired) electrons. The highest BCUT2D eigenvalue weighted by Gasteiger charge is 2.17. The molecule has 108 valence electrons. The largest absolute Gasteiger partial charge is 0.393 e. The van der Waals surface area contributed by atoms with Crippen molar-refractivity contribution >= 4 is 33.2 Å². The van der Waals surface area contributed by atoms with Crippen LogP contribution >= 0.6 is 23.2 Å². The van der Waals surface area contributed by atoms with E-state index in [2.05, 4.69) is 4.72 Å². The number of aliphatic hydroxyl groups excluding tert-OH is 1. The Labute approximate surface area is 123 Å². The van der Waals surface area contributed by atoms with Crippen LogP contribution in [-0.2, 0) is 10.0 Å². The van der Waals surface area contributed by atoms with Gasteiger partial charge >= 0.3 is 0 Å². The van der Waals surface area contributed by atoms with Crippen LogP contribution in [-0.4, -0.2) is 26.2 Å². The average molecular weight is 326 g/mol. The van der Waals surface area contributed by atoms with Crippen LogP contribution in [0.2, 0.25) is 10.0 Å². The lowest BCUT2D eigenvalue weighted by molar-refractivity contribution is 0.165. The first kappa shape index (κ1) is 16.7. The second-order valence-corrected chi connectivity index (χ2v) is 7.29. The molecule has 0 bridgehead atoms. The van der Waals surface area contributed by atoms with Crippen LogP contribution in [0, 0.1) is 5.92 Å². The zero-order chi connectivity index (χ0) is 14.6. The minimum Gasteiger partial charge on any atom is -0.393 e. The number of hydrogen-bond donors (Lipinski definition) is 2. The third-order valence-electron chi connectivity index (χ3n) is 2.51. The molecule has 0 fully saturated rings. The van der Waals surface area contributed by atoms with Gasteiger partial charge in [-0.1, -0.05) is 30.1 Å². The van der Waals surface area contributed by atoms with Crippen molar-refractivity contribution in [3.8, 4) is 0 Å². The molecule has 4 nitrogen and oxygen atoms in total. The van der Waals surface area contributed by atoms with Gasteiger partial charge in [0.15, 0.2) is 0 Å². The van der Waals surface area contributed by atoms with Gasteiger partial charge in [0.25, 0.3) is 0 Å². The Morgan fingerprint density at radius 1 is 1.21 bits per heavy atom. The Kier molecular flexibility index (Phi) is 6.08. The molecule has 2 N–H and O–H groups in total. The SMILES string of the molecule is CC(O)CC(C)CNS(=O)(=O)c1cc(Cl)cc(Cl)c1. The quantitative estimate of drug-likeness (QED) is 0.845. The highest BCUT2D eigenvalue weighted by molar-refractivity contribution is 7.89. The van der Waals surface area contributed by atoms with Gasteiger partial charge in [0, 0.05) is 16.6 Å². The number of hydrogen-bond acceptors (Lipinski definition) is 3. The van der Waals surface area contributed by atoms with Crippen LogP contribution in [0.15, 0.2) is 23.1 Å². The van der Waals surface area contributed by atoms with Gasteiger partial charge in [-0.05, 0) is 37.5 Å². The molecule has 0 saturated carbocycles. The molecule has 1 aromatic carbocycles. The number of sulfonamides is 1. The number of aliphatic hydroxyl groups is 1. The van der Waals surface area contributed by atoms with Crippen molar-refractivity contribution in [2.75, 3.05) is 6.54 Å². The molecule has 0 heterocycles. The second kappa shape index (κ2) is 6.90. The second-order valence-electron chi connectivity index (χ2n) is 4.65. The topological polar surface area (TPSA) is 66.4 Å². The lowest BCUT2D eigenvalue weighted by atomic mass is 10.1.